The van der Waals surface area contributed by atoms with E-state index in [-0.39, 0.29) is 16.3 Å². The Bertz CT molecular complexity index is 767. The van der Waals surface area contributed by atoms with Crippen LogP contribution in [0.3, 0.4) is 0 Å². The van der Waals surface area contributed by atoms with Crippen LogP contribution in [0.25, 0.3) is 0 Å². The second kappa shape index (κ2) is 8.26. The van der Waals surface area contributed by atoms with Crippen LogP contribution in [0, 0.1) is 0 Å². The topological polar surface area (TPSA) is 79.0 Å². The Labute approximate surface area is 161 Å². The smallest absolute Gasteiger partial charge is 0.251 e. The molecule has 2 aliphatic rings. The SMILES string of the molecule is CN1CCC(CNC(=O)c2cccc(S(C)(=O)=O)c2)(N2CCOCC2)CC1. The number of nitrogens with zero attached hydrogens (tertiary/aromatic N) is 2. The number of benzene rings is 1. The fourth-order valence-electron chi connectivity index (χ4n) is 3.89. The van der Waals surface area contributed by atoms with Crippen molar-refractivity contribution in [2.45, 2.75) is 23.3 Å². The molecule has 0 radical (unpaired) electrons. The highest BCUT2D eigenvalue weighted by Gasteiger charge is 2.40. The van der Waals surface area contributed by atoms with E-state index in [4.69, 9.17) is 4.74 Å². The predicted molar refractivity (Wildman–Crippen MR) is 104 cm³/mol. The first kappa shape index (κ1) is 20.3. The van der Waals surface area contributed by atoms with Gasteiger partial charge in [-0.1, -0.05) is 6.07 Å². The number of nitrogens with one attached hydrogen (secondary N) is 1. The summed E-state index contributed by atoms with van der Waals surface area (Å²) in [5.74, 6) is -0.230. The van der Waals surface area contributed by atoms with E-state index in [0.717, 1.165) is 58.5 Å². The Morgan fingerprint density at radius 1 is 1.19 bits per heavy atom. The van der Waals surface area contributed by atoms with Gasteiger partial charge in [0.05, 0.1) is 18.1 Å². The number of hydrogen-bond donors (Lipinski definition) is 1. The van der Waals surface area contributed by atoms with Crippen LogP contribution >= 0.6 is 0 Å². The minimum Gasteiger partial charge on any atom is -0.379 e. The normalized spacial score (nSPS) is 21.7. The van der Waals surface area contributed by atoms with Gasteiger partial charge in [-0.05, 0) is 51.2 Å². The molecule has 8 heteroatoms. The lowest BCUT2D eigenvalue weighted by Gasteiger charge is -2.49. The monoisotopic (exact) mass is 395 g/mol. The molecule has 27 heavy (non-hydrogen) atoms. The van der Waals surface area contributed by atoms with Crippen molar-refractivity contribution in [3.05, 3.63) is 29.8 Å². The first-order valence-electron chi connectivity index (χ1n) is 9.40. The summed E-state index contributed by atoms with van der Waals surface area (Å²) in [6.07, 6.45) is 3.14. The standard InChI is InChI=1S/C19H29N3O4S/c1-21-8-6-19(7-9-21,22-10-12-26-13-11-22)15-20-18(23)16-4-3-5-17(14-16)27(2,24)25/h3-5,14H,6-13,15H2,1-2H3,(H,20,23). The van der Waals surface area contributed by atoms with Crippen LogP contribution < -0.4 is 5.32 Å². The first-order chi connectivity index (χ1) is 12.8. The van der Waals surface area contributed by atoms with E-state index >= 15 is 0 Å². The predicted octanol–water partition coefficient (Wildman–Crippen LogP) is 0.617. The molecule has 3 rings (SSSR count). The number of likely N-dealkylation sites (tertiary alicyclic amines) is 1. The van der Waals surface area contributed by atoms with E-state index in [1.807, 2.05) is 0 Å². The second-order valence-corrected chi connectivity index (χ2v) is 9.63. The molecule has 0 atom stereocenters. The molecule has 150 valence electrons. The average molecular weight is 396 g/mol. The van der Waals surface area contributed by atoms with E-state index in [0.29, 0.717) is 12.1 Å². The molecule has 1 N–H and O–H groups in total. The van der Waals surface area contributed by atoms with Crippen molar-refractivity contribution in [3.63, 3.8) is 0 Å². The Morgan fingerprint density at radius 2 is 1.85 bits per heavy atom. The highest BCUT2D eigenvalue weighted by Crippen LogP contribution is 2.29. The summed E-state index contributed by atoms with van der Waals surface area (Å²) >= 11 is 0. The lowest BCUT2D eigenvalue weighted by atomic mass is 9.85. The number of hydrogen-bond acceptors (Lipinski definition) is 6. The molecule has 0 aliphatic carbocycles. The zero-order chi connectivity index (χ0) is 19.5. The molecule has 0 saturated carbocycles. The van der Waals surface area contributed by atoms with Crippen molar-refractivity contribution >= 4 is 15.7 Å². The second-order valence-electron chi connectivity index (χ2n) is 7.61. The molecule has 0 unspecified atom stereocenters. The van der Waals surface area contributed by atoms with Gasteiger partial charge in [-0.2, -0.15) is 0 Å². The number of carbonyl (C=O) groups excluding carboxylic acids is 1. The lowest BCUT2D eigenvalue weighted by molar-refractivity contribution is -0.0439. The molecule has 7 nitrogen and oxygen atoms in total. The number of amides is 1. The average Bonchev–Trinajstić information content (AvgIpc) is 2.68. The zero-order valence-electron chi connectivity index (χ0n) is 16.1. The van der Waals surface area contributed by atoms with Gasteiger partial charge < -0.3 is 15.0 Å². The van der Waals surface area contributed by atoms with E-state index < -0.39 is 9.84 Å². The summed E-state index contributed by atoms with van der Waals surface area (Å²) < 4.78 is 29.0. The summed E-state index contributed by atoms with van der Waals surface area (Å²) in [6, 6.07) is 6.22. The Morgan fingerprint density at radius 3 is 2.48 bits per heavy atom. The highest BCUT2D eigenvalue weighted by atomic mass is 32.2. The van der Waals surface area contributed by atoms with Gasteiger partial charge in [0.1, 0.15) is 0 Å². The van der Waals surface area contributed by atoms with Gasteiger partial charge in [0, 0.05) is 37.0 Å². The summed E-state index contributed by atoms with van der Waals surface area (Å²) in [5, 5.41) is 3.07. The van der Waals surface area contributed by atoms with E-state index in [1.165, 1.54) is 12.1 Å². The Kier molecular flexibility index (Phi) is 6.20. The van der Waals surface area contributed by atoms with Crippen LogP contribution in [-0.4, -0.2) is 88.9 Å². The number of ether oxygens (including phenoxy) is 1. The molecule has 1 amide bonds. The Balaban J connectivity index is 1.72. The van der Waals surface area contributed by atoms with Crippen molar-refractivity contribution in [2.24, 2.45) is 0 Å². The molecular formula is C19H29N3O4S. The van der Waals surface area contributed by atoms with Crippen molar-refractivity contribution in [3.8, 4) is 0 Å². The van der Waals surface area contributed by atoms with Gasteiger partial charge in [-0.3, -0.25) is 9.69 Å². The molecule has 2 fully saturated rings. The highest BCUT2D eigenvalue weighted by molar-refractivity contribution is 7.90. The molecule has 2 aliphatic heterocycles. The summed E-state index contributed by atoms with van der Waals surface area (Å²) in [7, 11) is -1.21. The maximum Gasteiger partial charge on any atom is 0.251 e. The molecule has 2 heterocycles. The molecule has 0 spiro atoms. The van der Waals surface area contributed by atoms with Gasteiger partial charge in [0.25, 0.3) is 5.91 Å². The van der Waals surface area contributed by atoms with Crippen LogP contribution in [0.15, 0.2) is 29.2 Å². The maximum absolute atomic E-state index is 12.7. The van der Waals surface area contributed by atoms with E-state index in [1.54, 1.807) is 12.1 Å². The number of carbonyl (C=O) groups is 1. The van der Waals surface area contributed by atoms with E-state index in [2.05, 4.69) is 22.2 Å². The van der Waals surface area contributed by atoms with Gasteiger partial charge in [0.15, 0.2) is 9.84 Å². The van der Waals surface area contributed by atoms with Gasteiger partial charge in [0.2, 0.25) is 0 Å². The lowest BCUT2D eigenvalue weighted by Crippen LogP contribution is -2.62. The number of morpholine rings is 1. The molecule has 1 aromatic carbocycles. The van der Waals surface area contributed by atoms with Crippen LogP contribution in [0.1, 0.15) is 23.2 Å². The Hall–Kier alpha value is -1.48. The summed E-state index contributed by atoms with van der Waals surface area (Å²) in [5.41, 5.74) is 0.309. The molecule has 1 aromatic rings. The van der Waals surface area contributed by atoms with Gasteiger partial charge in [-0.25, -0.2) is 8.42 Å². The maximum atomic E-state index is 12.7. The minimum absolute atomic E-state index is 0.0691. The fraction of sp³-hybridized carbons (Fsp3) is 0.632. The third-order valence-corrected chi connectivity index (χ3v) is 6.81. The van der Waals surface area contributed by atoms with Crippen molar-refractivity contribution in [2.75, 3.05) is 59.2 Å². The molecule has 2 saturated heterocycles. The summed E-state index contributed by atoms with van der Waals surface area (Å²) in [6.45, 7) is 5.76. The molecule has 0 aromatic heterocycles. The minimum atomic E-state index is -3.34. The zero-order valence-corrected chi connectivity index (χ0v) is 16.9. The van der Waals surface area contributed by atoms with Crippen LogP contribution in [0.2, 0.25) is 0 Å². The van der Waals surface area contributed by atoms with Crippen molar-refractivity contribution in [1.29, 1.82) is 0 Å². The van der Waals surface area contributed by atoms with Crippen LogP contribution in [0.5, 0.6) is 0 Å². The largest absolute Gasteiger partial charge is 0.379 e. The number of piperidine rings is 1. The van der Waals surface area contributed by atoms with E-state index in [9.17, 15) is 13.2 Å². The quantitative estimate of drug-likeness (QED) is 0.787. The first-order valence-corrected chi connectivity index (χ1v) is 11.3. The van der Waals surface area contributed by atoms with Crippen molar-refractivity contribution in [1.82, 2.24) is 15.1 Å². The fourth-order valence-corrected chi connectivity index (χ4v) is 4.56. The van der Waals surface area contributed by atoms with Crippen LogP contribution in [-0.2, 0) is 14.6 Å². The summed E-state index contributed by atoms with van der Waals surface area (Å²) in [4.78, 5) is 17.6. The van der Waals surface area contributed by atoms with Gasteiger partial charge >= 0.3 is 0 Å². The number of sulfone groups is 1. The molecule has 0 bridgehead atoms. The third kappa shape index (κ3) is 4.87. The number of rotatable bonds is 5. The third-order valence-electron chi connectivity index (χ3n) is 5.70. The van der Waals surface area contributed by atoms with Crippen molar-refractivity contribution < 1.29 is 17.9 Å². The van der Waals surface area contributed by atoms with Gasteiger partial charge in [-0.15, -0.1) is 0 Å². The molecular weight excluding hydrogens is 366 g/mol. The van der Waals surface area contributed by atoms with Crippen LogP contribution in [0.4, 0.5) is 0 Å².